The number of rotatable bonds is 12. The Hall–Kier alpha value is -1.40. The molecule has 0 rings (SSSR count). The van der Waals surface area contributed by atoms with E-state index in [0.29, 0.717) is 0 Å². The first-order chi connectivity index (χ1) is 13.1. The third-order valence-electron chi connectivity index (χ3n) is 4.19. The maximum atomic E-state index is 12.6. The first-order valence-corrected chi connectivity index (χ1v) is 9.04. The van der Waals surface area contributed by atoms with E-state index in [1.165, 1.54) is 6.92 Å². The Kier molecular flexibility index (Phi) is 11.1. The highest BCUT2D eigenvalue weighted by molar-refractivity contribution is 5.86. The number of amides is 1. The summed E-state index contributed by atoms with van der Waals surface area (Å²) in [5, 5.41) is 12.5. The fraction of sp³-hybridized carbons (Fsp3) is 0.882. The number of carbonyl (C=O) groups excluding carboxylic acids is 2. The average Bonchev–Trinajstić information content (AvgIpc) is 2.53. The number of aliphatic hydroxyl groups excluding tert-OH is 1. The van der Waals surface area contributed by atoms with Crippen molar-refractivity contribution in [1.82, 2.24) is 5.32 Å². The van der Waals surface area contributed by atoms with Crippen molar-refractivity contribution in [3.63, 3.8) is 0 Å². The Morgan fingerprint density at radius 2 is 1.62 bits per heavy atom. The van der Waals surface area contributed by atoms with Crippen molar-refractivity contribution in [3.05, 3.63) is 0 Å². The number of carbonyl (C=O) groups is 2. The van der Waals surface area contributed by atoms with Crippen LogP contribution < -0.4 is 11.1 Å². The Bertz CT molecular complexity index is 511. The summed E-state index contributed by atoms with van der Waals surface area (Å²) in [4.78, 5) is 23.8. The van der Waals surface area contributed by atoms with Gasteiger partial charge >= 0.3 is 12.4 Å². The van der Waals surface area contributed by atoms with Crippen LogP contribution in [0.4, 0.5) is 26.3 Å². The summed E-state index contributed by atoms with van der Waals surface area (Å²) in [6.45, 7) is 3.45. The normalized spacial score (nSPS) is 16.0. The number of nitrogens with two attached hydrogens (primary N) is 1. The first kappa shape index (κ1) is 27.6. The summed E-state index contributed by atoms with van der Waals surface area (Å²) in [6, 6.07) is -1.19. The van der Waals surface area contributed by atoms with Crippen LogP contribution in [-0.2, 0) is 14.3 Å². The Morgan fingerprint density at radius 3 is 2.00 bits per heavy atom. The minimum Gasteiger partial charge on any atom is -0.389 e. The molecular weight excluding hydrogens is 410 g/mol. The molecule has 1 unspecified atom stereocenters. The maximum absolute atomic E-state index is 12.6. The molecule has 4 N–H and O–H groups in total. The summed E-state index contributed by atoms with van der Waals surface area (Å²) in [5.74, 6) is -1.93. The third-order valence-corrected chi connectivity index (χ3v) is 4.19. The lowest BCUT2D eigenvalue weighted by molar-refractivity contribution is -0.325. The monoisotopic (exact) mass is 438 g/mol. The van der Waals surface area contributed by atoms with E-state index in [0.717, 1.165) is 0 Å². The number of hydrogen-bond donors (Lipinski definition) is 3. The van der Waals surface area contributed by atoms with Gasteiger partial charge in [0.05, 0.1) is 18.8 Å². The van der Waals surface area contributed by atoms with Crippen LogP contribution in [0.15, 0.2) is 0 Å². The van der Waals surface area contributed by atoms with Gasteiger partial charge in [-0.2, -0.15) is 26.3 Å². The van der Waals surface area contributed by atoms with Gasteiger partial charge in [-0.3, -0.25) is 4.79 Å². The van der Waals surface area contributed by atoms with Crippen LogP contribution in [0.1, 0.15) is 40.0 Å². The molecule has 0 fully saturated rings. The van der Waals surface area contributed by atoms with Crippen molar-refractivity contribution in [3.8, 4) is 0 Å². The van der Waals surface area contributed by atoms with Crippen molar-refractivity contribution in [2.75, 3.05) is 13.2 Å². The van der Waals surface area contributed by atoms with E-state index in [2.05, 4.69) is 10.1 Å². The zero-order valence-corrected chi connectivity index (χ0v) is 16.4. The summed E-state index contributed by atoms with van der Waals surface area (Å²) < 4.78 is 79.2. The second-order valence-electron chi connectivity index (χ2n) is 7.17. The fourth-order valence-corrected chi connectivity index (χ4v) is 2.61. The second-order valence-corrected chi connectivity index (χ2v) is 7.17. The molecule has 0 spiro atoms. The first-order valence-electron chi connectivity index (χ1n) is 9.04. The number of ether oxygens (including phenoxy) is 1. The van der Waals surface area contributed by atoms with Crippen LogP contribution in [-0.4, -0.2) is 60.6 Å². The summed E-state index contributed by atoms with van der Waals surface area (Å²) >= 11 is 0. The third kappa shape index (κ3) is 10.3. The van der Waals surface area contributed by atoms with Gasteiger partial charge in [-0.15, -0.1) is 0 Å². The SMILES string of the molecule is CC(=O)C[C@H](C(=O)N[C@@H](CCCN)C(O)COC(C(F)(F)F)C(F)(F)F)C(C)C. The van der Waals surface area contributed by atoms with E-state index in [1.54, 1.807) is 13.8 Å². The lowest BCUT2D eigenvalue weighted by Gasteiger charge is -2.29. The van der Waals surface area contributed by atoms with Gasteiger partial charge in [0.15, 0.2) is 0 Å². The van der Waals surface area contributed by atoms with Crippen LogP contribution in [0.3, 0.4) is 0 Å². The van der Waals surface area contributed by atoms with Crippen LogP contribution in [0, 0.1) is 11.8 Å². The molecule has 0 aromatic rings. The zero-order chi connectivity index (χ0) is 23.0. The molecule has 29 heavy (non-hydrogen) atoms. The molecule has 0 saturated heterocycles. The minimum atomic E-state index is -5.71. The van der Waals surface area contributed by atoms with E-state index >= 15 is 0 Å². The summed E-state index contributed by atoms with van der Waals surface area (Å²) in [7, 11) is 0. The topological polar surface area (TPSA) is 102 Å². The van der Waals surface area contributed by atoms with Gasteiger partial charge in [0.25, 0.3) is 0 Å². The number of alkyl halides is 6. The Morgan fingerprint density at radius 1 is 1.10 bits per heavy atom. The quantitative estimate of drug-likeness (QED) is 0.406. The molecule has 0 saturated carbocycles. The maximum Gasteiger partial charge on any atom is 0.423 e. The van der Waals surface area contributed by atoms with Gasteiger partial charge in [0, 0.05) is 12.3 Å². The number of ketones is 1. The van der Waals surface area contributed by atoms with Gasteiger partial charge in [0.2, 0.25) is 12.0 Å². The van der Waals surface area contributed by atoms with Crippen molar-refractivity contribution in [2.45, 2.75) is 70.6 Å². The molecule has 0 aliphatic heterocycles. The van der Waals surface area contributed by atoms with E-state index < -0.39 is 49.0 Å². The number of aliphatic hydroxyl groups is 1. The van der Waals surface area contributed by atoms with Crippen LogP contribution >= 0.6 is 0 Å². The van der Waals surface area contributed by atoms with Gasteiger partial charge in [0.1, 0.15) is 5.78 Å². The molecule has 1 amide bonds. The predicted octanol–water partition coefficient (Wildman–Crippen LogP) is 2.33. The molecule has 0 bridgehead atoms. The van der Waals surface area contributed by atoms with Crippen molar-refractivity contribution >= 4 is 11.7 Å². The standard InChI is InChI=1S/C17H28F6N2O4/c1-9(2)11(7-10(3)26)14(28)25-12(5-4-6-24)13(27)8-29-15(16(18,19)20)17(21,22)23/h9,11-13,15,27H,4-8,24H2,1-3H3,(H,25,28)/t11-,12-,13?/m0/s1. The van der Waals surface area contributed by atoms with Gasteiger partial charge in [-0.25, -0.2) is 0 Å². The Balaban J connectivity index is 5.24. The van der Waals surface area contributed by atoms with Crippen LogP contribution in [0.2, 0.25) is 0 Å². The van der Waals surface area contributed by atoms with Gasteiger partial charge in [-0.05, 0) is 32.2 Å². The molecule has 0 radical (unpaired) electrons. The van der Waals surface area contributed by atoms with Crippen molar-refractivity contribution in [1.29, 1.82) is 0 Å². The molecule has 0 aliphatic carbocycles. The smallest absolute Gasteiger partial charge is 0.389 e. The zero-order valence-electron chi connectivity index (χ0n) is 16.4. The molecule has 0 heterocycles. The molecule has 0 aromatic heterocycles. The summed E-state index contributed by atoms with van der Waals surface area (Å²) in [5.41, 5.74) is 5.35. The largest absolute Gasteiger partial charge is 0.423 e. The van der Waals surface area contributed by atoms with Gasteiger partial charge < -0.3 is 25.7 Å². The highest BCUT2D eigenvalue weighted by atomic mass is 19.4. The lowest BCUT2D eigenvalue weighted by atomic mass is 9.89. The minimum absolute atomic E-state index is 0.000353. The van der Waals surface area contributed by atoms with Gasteiger partial charge in [-0.1, -0.05) is 13.8 Å². The van der Waals surface area contributed by atoms with E-state index in [1.807, 2.05) is 0 Å². The van der Waals surface area contributed by atoms with Crippen LogP contribution in [0.5, 0.6) is 0 Å². The molecule has 0 aromatic carbocycles. The predicted molar refractivity (Wildman–Crippen MR) is 91.7 cm³/mol. The number of halogens is 6. The van der Waals surface area contributed by atoms with E-state index in [9.17, 15) is 41.0 Å². The highest BCUT2D eigenvalue weighted by Crippen LogP contribution is 2.35. The molecular formula is C17H28F6N2O4. The molecule has 0 aliphatic rings. The Labute approximate surface area is 165 Å². The number of Topliss-reactive ketones (excluding diaryl/α,β-unsaturated/α-hetero) is 1. The van der Waals surface area contributed by atoms with E-state index in [-0.39, 0.29) is 37.5 Å². The second kappa shape index (κ2) is 11.7. The highest BCUT2D eigenvalue weighted by Gasteiger charge is 2.58. The average molecular weight is 438 g/mol. The molecule has 3 atom stereocenters. The fourth-order valence-electron chi connectivity index (χ4n) is 2.61. The van der Waals surface area contributed by atoms with Crippen LogP contribution in [0.25, 0.3) is 0 Å². The van der Waals surface area contributed by atoms with Crippen molar-refractivity contribution < 1.29 is 45.8 Å². The van der Waals surface area contributed by atoms with E-state index in [4.69, 9.17) is 5.73 Å². The molecule has 6 nitrogen and oxygen atoms in total. The number of nitrogens with one attached hydrogen (secondary N) is 1. The molecule has 12 heteroatoms. The summed E-state index contributed by atoms with van der Waals surface area (Å²) in [6.07, 6.45) is -17.2. The number of hydrogen-bond acceptors (Lipinski definition) is 5. The van der Waals surface area contributed by atoms with Crippen molar-refractivity contribution in [2.24, 2.45) is 17.6 Å². The molecule has 172 valence electrons. The lowest BCUT2D eigenvalue weighted by Crippen LogP contribution is -2.51.